The molecule has 0 saturated carbocycles. The zero-order valence-corrected chi connectivity index (χ0v) is 13.5. The van der Waals surface area contributed by atoms with E-state index >= 15 is 0 Å². The van der Waals surface area contributed by atoms with Crippen molar-refractivity contribution in [1.82, 2.24) is 14.9 Å². The molecule has 3 aromatic rings. The van der Waals surface area contributed by atoms with E-state index in [2.05, 4.69) is 15.0 Å². The number of aromatic nitrogens is 2. The fourth-order valence-corrected chi connectivity index (χ4v) is 3.11. The number of hydrogen-bond donors (Lipinski definition) is 1. The van der Waals surface area contributed by atoms with Gasteiger partial charge >= 0.3 is 5.97 Å². The van der Waals surface area contributed by atoms with E-state index in [0.717, 1.165) is 15.3 Å². The summed E-state index contributed by atoms with van der Waals surface area (Å²) in [7, 11) is 1.29. The highest BCUT2D eigenvalue weighted by atomic mass is 32.1. The van der Waals surface area contributed by atoms with Gasteiger partial charge in [-0.1, -0.05) is 11.3 Å². The molecule has 0 aliphatic heterocycles. The molecule has 0 bridgehead atoms. The van der Waals surface area contributed by atoms with Crippen LogP contribution in [0.25, 0.3) is 15.3 Å². The number of thiazole rings is 1. The Morgan fingerprint density at radius 2 is 2.04 bits per heavy atom. The van der Waals surface area contributed by atoms with Gasteiger partial charge in [0.2, 0.25) is 0 Å². The summed E-state index contributed by atoms with van der Waals surface area (Å²) in [4.78, 5) is 28.1. The SMILES string of the molecule is COC(=O)C(C)NC(=O)c1ccc2nc(-n3cccc3)sc2c1. The molecule has 1 atom stereocenters. The average Bonchev–Trinajstić information content (AvgIpc) is 3.21. The fraction of sp³-hybridized carbons (Fsp3) is 0.188. The molecule has 2 heterocycles. The Labute approximate surface area is 136 Å². The standard InChI is InChI=1S/C16H15N3O3S/c1-10(15(21)22-2)17-14(20)11-5-6-12-13(9-11)23-16(18-12)19-7-3-4-8-19/h3-10H,1-2H3,(H,17,20). The summed E-state index contributed by atoms with van der Waals surface area (Å²) in [6.07, 6.45) is 3.84. The predicted octanol–water partition coefficient (Wildman–Crippen LogP) is 2.38. The van der Waals surface area contributed by atoms with Crippen LogP contribution >= 0.6 is 11.3 Å². The quantitative estimate of drug-likeness (QED) is 0.746. The first-order chi connectivity index (χ1) is 11.1. The van der Waals surface area contributed by atoms with Crippen LogP contribution in [0.15, 0.2) is 42.7 Å². The first-order valence-electron chi connectivity index (χ1n) is 7.01. The minimum absolute atomic E-state index is 0.319. The summed E-state index contributed by atoms with van der Waals surface area (Å²) in [6.45, 7) is 1.58. The molecule has 0 fully saturated rings. The van der Waals surface area contributed by atoms with Crippen molar-refractivity contribution in [2.75, 3.05) is 7.11 Å². The number of nitrogens with one attached hydrogen (secondary N) is 1. The number of hydrogen-bond acceptors (Lipinski definition) is 5. The van der Waals surface area contributed by atoms with Gasteiger partial charge in [-0.05, 0) is 37.3 Å². The van der Waals surface area contributed by atoms with E-state index < -0.39 is 12.0 Å². The van der Waals surface area contributed by atoms with E-state index in [-0.39, 0.29) is 5.91 Å². The van der Waals surface area contributed by atoms with Crippen LogP contribution in [0.2, 0.25) is 0 Å². The van der Waals surface area contributed by atoms with Crippen molar-refractivity contribution in [2.45, 2.75) is 13.0 Å². The minimum Gasteiger partial charge on any atom is -0.467 e. The highest BCUT2D eigenvalue weighted by Gasteiger charge is 2.17. The highest BCUT2D eigenvalue weighted by molar-refractivity contribution is 7.20. The second-order valence-electron chi connectivity index (χ2n) is 4.99. The number of esters is 1. The van der Waals surface area contributed by atoms with E-state index in [4.69, 9.17) is 0 Å². The van der Waals surface area contributed by atoms with Crippen molar-refractivity contribution >= 4 is 33.4 Å². The third kappa shape index (κ3) is 3.09. The Bertz CT molecular complexity index is 855. The Kier molecular flexibility index (Phi) is 4.12. The molecule has 3 rings (SSSR count). The monoisotopic (exact) mass is 329 g/mol. The lowest BCUT2D eigenvalue weighted by Crippen LogP contribution is -2.39. The molecule has 1 N–H and O–H groups in total. The second kappa shape index (κ2) is 6.21. The first kappa shape index (κ1) is 15.2. The van der Waals surface area contributed by atoms with Gasteiger partial charge in [0, 0.05) is 18.0 Å². The molecule has 2 aromatic heterocycles. The molecular formula is C16H15N3O3S. The Morgan fingerprint density at radius 3 is 2.74 bits per heavy atom. The van der Waals surface area contributed by atoms with Crippen LogP contribution in [0, 0.1) is 0 Å². The normalized spacial score (nSPS) is 12.1. The molecule has 0 saturated heterocycles. The van der Waals surface area contributed by atoms with Crippen molar-refractivity contribution in [3.63, 3.8) is 0 Å². The number of nitrogens with zero attached hydrogens (tertiary/aromatic N) is 2. The zero-order chi connectivity index (χ0) is 16.4. The Balaban J connectivity index is 1.85. The summed E-state index contributed by atoms with van der Waals surface area (Å²) in [6, 6.07) is 8.44. The number of fused-ring (bicyclic) bond motifs is 1. The fourth-order valence-electron chi connectivity index (χ4n) is 2.14. The maximum atomic E-state index is 12.2. The van der Waals surface area contributed by atoms with Crippen molar-refractivity contribution in [1.29, 1.82) is 0 Å². The molecule has 0 spiro atoms. The van der Waals surface area contributed by atoms with Gasteiger partial charge in [-0.25, -0.2) is 9.78 Å². The Morgan fingerprint density at radius 1 is 1.30 bits per heavy atom. The summed E-state index contributed by atoms with van der Waals surface area (Å²) in [5.74, 6) is -0.798. The third-order valence-corrected chi connectivity index (χ3v) is 4.40. The van der Waals surface area contributed by atoms with Gasteiger partial charge in [0.25, 0.3) is 5.91 Å². The smallest absolute Gasteiger partial charge is 0.328 e. The van der Waals surface area contributed by atoms with E-state index in [1.807, 2.05) is 29.1 Å². The molecule has 0 aliphatic carbocycles. The van der Waals surface area contributed by atoms with E-state index in [0.29, 0.717) is 5.56 Å². The van der Waals surface area contributed by atoms with E-state index in [9.17, 15) is 9.59 Å². The van der Waals surface area contributed by atoms with Gasteiger partial charge in [0.1, 0.15) is 6.04 Å². The highest BCUT2D eigenvalue weighted by Crippen LogP contribution is 2.26. The van der Waals surface area contributed by atoms with Crippen LogP contribution in [0.1, 0.15) is 17.3 Å². The van der Waals surface area contributed by atoms with Gasteiger partial charge < -0.3 is 14.6 Å². The van der Waals surface area contributed by atoms with Crippen molar-refractivity contribution in [3.8, 4) is 5.13 Å². The van der Waals surface area contributed by atoms with Gasteiger partial charge in [0.05, 0.1) is 17.3 Å². The van der Waals surface area contributed by atoms with Crippen LogP contribution in [0.4, 0.5) is 0 Å². The molecule has 0 radical (unpaired) electrons. The van der Waals surface area contributed by atoms with Crippen molar-refractivity contribution in [2.24, 2.45) is 0 Å². The lowest BCUT2D eigenvalue weighted by Gasteiger charge is -2.11. The van der Waals surface area contributed by atoms with E-state index in [1.54, 1.807) is 25.1 Å². The average molecular weight is 329 g/mol. The minimum atomic E-state index is -0.694. The number of amides is 1. The summed E-state index contributed by atoms with van der Waals surface area (Å²) in [5, 5.41) is 3.45. The third-order valence-electron chi connectivity index (χ3n) is 3.37. The number of rotatable bonds is 4. The van der Waals surface area contributed by atoms with Gasteiger partial charge in [0.15, 0.2) is 5.13 Å². The van der Waals surface area contributed by atoms with Gasteiger partial charge in [-0.15, -0.1) is 0 Å². The van der Waals surface area contributed by atoms with Crippen molar-refractivity contribution < 1.29 is 14.3 Å². The molecule has 7 heteroatoms. The number of carbonyl (C=O) groups excluding carboxylic acids is 2. The maximum Gasteiger partial charge on any atom is 0.328 e. The molecule has 1 aromatic carbocycles. The lowest BCUT2D eigenvalue weighted by atomic mass is 10.2. The molecule has 118 valence electrons. The molecule has 0 aliphatic rings. The number of benzene rings is 1. The lowest BCUT2D eigenvalue weighted by molar-refractivity contribution is -0.142. The first-order valence-corrected chi connectivity index (χ1v) is 7.83. The van der Waals surface area contributed by atoms with Crippen LogP contribution in [0.3, 0.4) is 0 Å². The number of ether oxygens (including phenoxy) is 1. The maximum absolute atomic E-state index is 12.2. The number of carbonyl (C=O) groups is 2. The second-order valence-corrected chi connectivity index (χ2v) is 6.00. The predicted molar refractivity (Wildman–Crippen MR) is 87.9 cm³/mol. The van der Waals surface area contributed by atoms with E-state index in [1.165, 1.54) is 18.4 Å². The summed E-state index contributed by atoms with van der Waals surface area (Å²) in [5.41, 5.74) is 1.31. The van der Waals surface area contributed by atoms with Crippen LogP contribution < -0.4 is 5.32 Å². The molecular weight excluding hydrogens is 314 g/mol. The molecule has 1 unspecified atom stereocenters. The molecule has 6 nitrogen and oxygen atoms in total. The zero-order valence-electron chi connectivity index (χ0n) is 12.6. The van der Waals surface area contributed by atoms with Crippen molar-refractivity contribution in [3.05, 3.63) is 48.3 Å². The summed E-state index contributed by atoms with van der Waals surface area (Å²) < 4.78 is 7.43. The largest absolute Gasteiger partial charge is 0.467 e. The van der Waals surface area contributed by atoms with Crippen LogP contribution in [0.5, 0.6) is 0 Å². The van der Waals surface area contributed by atoms with Crippen LogP contribution in [-0.4, -0.2) is 34.6 Å². The molecule has 1 amide bonds. The van der Waals surface area contributed by atoms with Gasteiger partial charge in [-0.2, -0.15) is 0 Å². The topological polar surface area (TPSA) is 73.2 Å². The van der Waals surface area contributed by atoms with Gasteiger partial charge in [-0.3, -0.25) is 4.79 Å². The molecule has 23 heavy (non-hydrogen) atoms. The van der Waals surface area contributed by atoms with Crippen LogP contribution in [-0.2, 0) is 9.53 Å². The Hall–Kier alpha value is -2.67. The summed E-state index contributed by atoms with van der Waals surface area (Å²) >= 11 is 1.50. The number of methoxy groups -OCH3 is 1.